The number of aromatic nitrogens is 1. The zero-order valence-corrected chi connectivity index (χ0v) is 9.57. The molecule has 0 saturated heterocycles. The van der Waals surface area contributed by atoms with Crippen molar-refractivity contribution in [1.82, 2.24) is 10.3 Å². The van der Waals surface area contributed by atoms with Gasteiger partial charge < -0.3 is 10.1 Å². The summed E-state index contributed by atoms with van der Waals surface area (Å²) in [6, 6.07) is 0. The van der Waals surface area contributed by atoms with E-state index in [9.17, 15) is 0 Å². The van der Waals surface area contributed by atoms with Gasteiger partial charge in [-0.25, -0.2) is 4.98 Å². The molecule has 0 aliphatic rings. The third-order valence-electron chi connectivity index (χ3n) is 1.50. The molecule has 78 valence electrons. The molecule has 0 amide bonds. The average Bonchev–Trinajstić information content (AvgIpc) is 2.58. The number of halogens is 1. The Morgan fingerprint density at radius 1 is 1.71 bits per heavy atom. The van der Waals surface area contributed by atoms with E-state index < -0.39 is 0 Å². The van der Waals surface area contributed by atoms with Crippen molar-refractivity contribution < 1.29 is 4.74 Å². The number of methoxy groups -OCH3 is 1. The van der Waals surface area contributed by atoms with Crippen molar-refractivity contribution in [2.75, 3.05) is 26.8 Å². The Labute approximate surface area is 92.8 Å². The number of nitrogens with zero attached hydrogens (tertiary/aromatic N) is 1. The van der Waals surface area contributed by atoms with Gasteiger partial charge in [-0.1, -0.05) is 17.7 Å². The molecule has 1 aromatic heterocycles. The van der Waals surface area contributed by atoms with Gasteiger partial charge in [-0.3, -0.25) is 0 Å². The Balaban J connectivity index is 2.15. The van der Waals surface area contributed by atoms with E-state index >= 15 is 0 Å². The highest BCUT2D eigenvalue weighted by Crippen LogP contribution is 2.18. The first kappa shape index (κ1) is 11.7. The SMILES string of the molecule is COCCNC/C=C/c1ncc(Cl)s1. The van der Waals surface area contributed by atoms with E-state index in [1.165, 1.54) is 11.3 Å². The number of thiazole rings is 1. The molecule has 0 unspecified atom stereocenters. The fourth-order valence-corrected chi connectivity index (χ4v) is 1.72. The van der Waals surface area contributed by atoms with Gasteiger partial charge >= 0.3 is 0 Å². The molecule has 3 nitrogen and oxygen atoms in total. The highest BCUT2D eigenvalue weighted by Gasteiger charge is 1.93. The minimum Gasteiger partial charge on any atom is -0.383 e. The van der Waals surface area contributed by atoms with Crippen LogP contribution in [0.1, 0.15) is 5.01 Å². The van der Waals surface area contributed by atoms with Crippen LogP contribution >= 0.6 is 22.9 Å². The van der Waals surface area contributed by atoms with Gasteiger partial charge in [0.1, 0.15) is 9.34 Å². The van der Waals surface area contributed by atoms with E-state index in [0.717, 1.165) is 29.0 Å². The molecule has 0 aliphatic carbocycles. The summed E-state index contributed by atoms with van der Waals surface area (Å²) in [6.07, 6.45) is 5.63. The Morgan fingerprint density at radius 2 is 2.57 bits per heavy atom. The molecule has 14 heavy (non-hydrogen) atoms. The molecule has 0 bridgehead atoms. The third-order valence-corrected chi connectivity index (χ3v) is 2.58. The fraction of sp³-hybridized carbons (Fsp3) is 0.444. The van der Waals surface area contributed by atoms with Gasteiger partial charge in [0.05, 0.1) is 12.8 Å². The predicted molar refractivity (Wildman–Crippen MR) is 60.9 cm³/mol. The van der Waals surface area contributed by atoms with Crippen molar-refractivity contribution in [3.05, 3.63) is 21.6 Å². The monoisotopic (exact) mass is 232 g/mol. The number of hydrogen-bond acceptors (Lipinski definition) is 4. The van der Waals surface area contributed by atoms with Crippen LogP contribution in [-0.4, -0.2) is 31.8 Å². The van der Waals surface area contributed by atoms with Crippen LogP contribution in [0.25, 0.3) is 6.08 Å². The van der Waals surface area contributed by atoms with Crippen LogP contribution in [0.2, 0.25) is 4.34 Å². The van der Waals surface area contributed by atoms with E-state index in [1.54, 1.807) is 13.3 Å². The van der Waals surface area contributed by atoms with Crippen molar-refractivity contribution >= 4 is 29.0 Å². The third kappa shape index (κ3) is 4.72. The Bertz CT molecular complexity index is 288. The van der Waals surface area contributed by atoms with Crippen molar-refractivity contribution in [3.8, 4) is 0 Å². The van der Waals surface area contributed by atoms with E-state index in [2.05, 4.69) is 10.3 Å². The normalized spacial score (nSPS) is 11.3. The maximum absolute atomic E-state index is 5.73. The Hall–Kier alpha value is -0.420. The summed E-state index contributed by atoms with van der Waals surface area (Å²) in [5.41, 5.74) is 0. The summed E-state index contributed by atoms with van der Waals surface area (Å²) >= 11 is 7.20. The lowest BCUT2D eigenvalue weighted by Crippen LogP contribution is -2.18. The van der Waals surface area contributed by atoms with Crippen molar-refractivity contribution in [3.63, 3.8) is 0 Å². The maximum atomic E-state index is 5.73. The highest BCUT2D eigenvalue weighted by molar-refractivity contribution is 7.16. The fourth-order valence-electron chi connectivity index (χ4n) is 0.863. The van der Waals surface area contributed by atoms with Gasteiger partial charge in [-0.15, -0.1) is 11.3 Å². The number of nitrogens with one attached hydrogen (secondary N) is 1. The molecule has 5 heteroatoms. The average molecular weight is 233 g/mol. The molecule has 0 atom stereocenters. The van der Waals surface area contributed by atoms with Gasteiger partial charge in [-0.05, 0) is 6.08 Å². The predicted octanol–water partition coefficient (Wildman–Crippen LogP) is 2.05. The highest BCUT2D eigenvalue weighted by atomic mass is 35.5. The number of hydrogen-bond donors (Lipinski definition) is 1. The summed E-state index contributed by atoms with van der Waals surface area (Å²) in [4.78, 5) is 4.10. The zero-order chi connectivity index (χ0) is 10.2. The lowest BCUT2D eigenvalue weighted by molar-refractivity contribution is 0.200. The molecule has 0 radical (unpaired) electrons. The molecule has 1 aromatic rings. The first-order valence-electron chi connectivity index (χ1n) is 4.30. The van der Waals surface area contributed by atoms with Gasteiger partial charge in [0.25, 0.3) is 0 Å². The molecule has 0 aromatic carbocycles. The van der Waals surface area contributed by atoms with Crippen molar-refractivity contribution in [2.45, 2.75) is 0 Å². The molecular weight excluding hydrogens is 220 g/mol. The first-order valence-corrected chi connectivity index (χ1v) is 5.50. The summed E-state index contributed by atoms with van der Waals surface area (Å²) in [7, 11) is 1.69. The number of ether oxygens (including phenoxy) is 1. The molecule has 0 spiro atoms. The lowest BCUT2D eigenvalue weighted by atomic mass is 10.5. The summed E-state index contributed by atoms with van der Waals surface area (Å²) < 4.78 is 5.62. The molecule has 1 heterocycles. The van der Waals surface area contributed by atoms with Crippen molar-refractivity contribution in [1.29, 1.82) is 0 Å². The molecular formula is C9H13ClN2OS. The molecule has 1 rings (SSSR count). The van der Waals surface area contributed by atoms with Crippen LogP contribution in [0, 0.1) is 0 Å². The Kier molecular flexibility index (Phi) is 5.78. The molecule has 0 fully saturated rings. The van der Waals surface area contributed by atoms with Crippen LogP contribution in [0.3, 0.4) is 0 Å². The quantitative estimate of drug-likeness (QED) is 0.763. The summed E-state index contributed by atoms with van der Waals surface area (Å²) in [5, 5.41) is 4.13. The van der Waals surface area contributed by atoms with E-state index in [-0.39, 0.29) is 0 Å². The largest absolute Gasteiger partial charge is 0.383 e. The van der Waals surface area contributed by atoms with Gasteiger partial charge in [0.15, 0.2) is 0 Å². The standard InChI is InChI=1S/C9H13ClN2OS/c1-13-6-5-11-4-2-3-9-12-7-8(10)14-9/h2-3,7,11H,4-6H2,1H3/b3-2+. The second-order valence-electron chi connectivity index (χ2n) is 2.60. The number of rotatable bonds is 6. The summed E-state index contributed by atoms with van der Waals surface area (Å²) in [6.45, 7) is 2.41. The minimum absolute atomic E-state index is 0.719. The summed E-state index contributed by atoms with van der Waals surface area (Å²) in [5.74, 6) is 0. The van der Waals surface area contributed by atoms with Crippen LogP contribution in [-0.2, 0) is 4.74 Å². The van der Waals surface area contributed by atoms with Crippen LogP contribution < -0.4 is 5.32 Å². The van der Waals surface area contributed by atoms with E-state index in [0.29, 0.717) is 0 Å². The molecule has 1 N–H and O–H groups in total. The van der Waals surface area contributed by atoms with E-state index in [4.69, 9.17) is 16.3 Å². The minimum atomic E-state index is 0.719. The lowest BCUT2D eigenvalue weighted by Gasteiger charge is -1.98. The van der Waals surface area contributed by atoms with Crippen LogP contribution in [0.15, 0.2) is 12.3 Å². The first-order chi connectivity index (χ1) is 6.83. The molecule has 0 aliphatic heterocycles. The topological polar surface area (TPSA) is 34.1 Å². The second kappa shape index (κ2) is 6.95. The van der Waals surface area contributed by atoms with Gasteiger partial charge in [0.2, 0.25) is 0 Å². The van der Waals surface area contributed by atoms with Crippen LogP contribution in [0.5, 0.6) is 0 Å². The molecule has 0 saturated carbocycles. The van der Waals surface area contributed by atoms with Crippen LogP contribution in [0.4, 0.5) is 0 Å². The second-order valence-corrected chi connectivity index (χ2v) is 4.30. The Morgan fingerprint density at radius 3 is 3.21 bits per heavy atom. The van der Waals surface area contributed by atoms with Crippen molar-refractivity contribution in [2.24, 2.45) is 0 Å². The maximum Gasteiger partial charge on any atom is 0.117 e. The van der Waals surface area contributed by atoms with Gasteiger partial charge in [-0.2, -0.15) is 0 Å². The smallest absolute Gasteiger partial charge is 0.117 e. The van der Waals surface area contributed by atoms with Gasteiger partial charge in [0, 0.05) is 20.2 Å². The zero-order valence-electron chi connectivity index (χ0n) is 8.00. The van der Waals surface area contributed by atoms with E-state index in [1.807, 2.05) is 12.2 Å².